The van der Waals surface area contributed by atoms with Crippen LogP contribution in [0.15, 0.2) is 48.7 Å². The molecule has 2 aromatic carbocycles. The van der Waals surface area contributed by atoms with Gasteiger partial charge in [-0.3, -0.25) is 5.10 Å². The van der Waals surface area contributed by atoms with Crippen LogP contribution in [0.25, 0.3) is 11.3 Å². The number of nitrogens with zero attached hydrogens (tertiary/aromatic N) is 1. The van der Waals surface area contributed by atoms with Gasteiger partial charge in [0.1, 0.15) is 5.75 Å². The Morgan fingerprint density at radius 2 is 1.89 bits per heavy atom. The molecule has 0 unspecified atom stereocenters. The molecule has 0 saturated heterocycles. The van der Waals surface area contributed by atoms with Gasteiger partial charge in [-0.2, -0.15) is 13.9 Å². The summed E-state index contributed by atoms with van der Waals surface area (Å²) in [5.74, 6) is 1.60. The Balaban J connectivity index is 1.38. The molecule has 0 fully saturated rings. The van der Waals surface area contributed by atoms with Crippen molar-refractivity contribution >= 4 is 0 Å². The highest BCUT2D eigenvalue weighted by molar-refractivity contribution is 5.66. The van der Waals surface area contributed by atoms with Crippen LogP contribution in [0, 0.1) is 0 Å². The molecule has 0 spiro atoms. The summed E-state index contributed by atoms with van der Waals surface area (Å²) in [7, 11) is 0. The molecule has 0 atom stereocenters. The van der Waals surface area contributed by atoms with E-state index in [9.17, 15) is 8.78 Å². The second-order valence-electron chi connectivity index (χ2n) is 5.96. The first-order valence-corrected chi connectivity index (χ1v) is 8.36. The second-order valence-corrected chi connectivity index (χ2v) is 5.96. The number of aromatic amines is 1. The van der Waals surface area contributed by atoms with Crippen molar-refractivity contribution in [3.05, 3.63) is 59.8 Å². The largest absolute Gasteiger partial charge is 0.454 e. The van der Waals surface area contributed by atoms with E-state index in [4.69, 9.17) is 9.47 Å². The summed E-state index contributed by atoms with van der Waals surface area (Å²) < 4.78 is 39.4. The zero-order valence-corrected chi connectivity index (χ0v) is 14.2. The minimum absolute atomic E-state index is 0.147. The maximum absolute atomic E-state index is 12.2. The fraction of sp³-hybridized carbons (Fsp3) is 0.211. The van der Waals surface area contributed by atoms with Gasteiger partial charge in [-0.15, -0.1) is 0 Å². The van der Waals surface area contributed by atoms with Crippen LogP contribution in [0.1, 0.15) is 11.1 Å². The highest BCUT2D eigenvalue weighted by Crippen LogP contribution is 2.36. The molecule has 0 radical (unpaired) electrons. The van der Waals surface area contributed by atoms with Crippen molar-refractivity contribution in [3.8, 4) is 28.5 Å². The lowest BCUT2D eigenvalue weighted by atomic mass is 10.1. The Morgan fingerprint density at radius 1 is 1.07 bits per heavy atom. The Hall–Kier alpha value is -3.13. The molecule has 0 bridgehead atoms. The van der Waals surface area contributed by atoms with Crippen LogP contribution in [-0.4, -0.2) is 23.6 Å². The van der Waals surface area contributed by atoms with Crippen LogP contribution in [0.4, 0.5) is 8.78 Å². The van der Waals surface area contributed by atoms with Crippen LogP contribution in [0.2, 0.25) is 0 Å². The predicted octanol–water partition coefficient (Wildman–Crippen LogP) is 3.70. The van der Waals surface area contributed by atoms with Gasteiger partial charge < -0.3 is 19.5 Å². The fourth-order valence-electron chi connectivity index (χ4n) is 2.88. The van der Waals surface area contributed by atoms with E-state index in [1.807, 2.05) is 18.2 Å². The van der Waals surface area contributed by atoms with Gasteiger partial charge in [-0.05, 0) is 35.9 Å². The van der Waals surface area contributed by atoms with Crippen LogP contribution in [0.3, 0.4) is 0 Å². The molecule has 0 amide bonds. The Kier molecular flexibility index (Phi) is 4.88. The van der Waals surface area contributed by atoms with Gasteiger partial charge in [-0.1, -0.05) is 12.1 Å². The molecule has 0 aliphatic carbocycles. The number of fused-ring (bicyclic) bond motifs is 1. The number of alkyl halides is 2. The summed E-state index contributed by atoms with van der Waals surface area (Å²) in [6, 6.07) is 12.3. The van der Waals surface area contributed by atoms with E-state index in [0.29, 0.717) is 18.8 Å². The van der Waals surface area contributed by atoms with Crippen molar-refractivity contribution in [2.75, 3.05) is 6.79 Å². The molecule has 1 aliphatic rings. The highest BCUT2D eigenvalue weighted by Gasteiger charge is 2.16. The summed E-state index contributed by atoms with van der Waals surface area (Å²) in [6.07, 6.45) is 1.77. The van der Waals surface area contributed by atoms with Crippen molar-refractivity contribution in [2.24, 2.45) is 0 Å². The normalized spacial score (nSPS) is 12.6. The van der Waals surface area contributed by atoms with Gasteiger partial charge >= 0.3 is 6.61 Å². The summed E-state index contributed by atoms with van der Waals surface area (Å²) in [4.78, 5) is 0. The number of rotatable bonds is 7. The third-order valence-electron chi connectivity index (χ3n) is 4.17. The zero-order chi connectivity index (χ0) is 18.6. The molecule has 8 heteroatoms. The molecular formula is C19H17F2N3O3. The van der Waals surface area contributed by atoms with Crippen LogP contribution >= 0.6 is 0 Å². The lowest BCUT2D eigenvalue weighted by molar-refractivity contribution is -0.0498. The standard InChI is InChI=1S/C19H17F2N3O3/c20-19(21)27-15-4-1-12(2-5-15)8-22-9-14-10-23-24-18(14)13-3-6-16-17(7-13)26-11-25-16/h1-7,10,19,22H,8-9,11H2,(H,23,24). The van der Waals surface area contributed by atoms with Gasteiger partial charge in [0.25, 0.3) is 0 Å². The molecule has 2 N–H and O–H groups in total. The molecule has 6 nitrogen and oxygen atoms in total. The van der Waals surface area contributed by atoms with E-state index in [0.717, 1.165) is 28.1 Å². The number of aromatic nitrogens is 2. The molecule has 140 valence electrons. The summed E-state index contributed by atoms with van der Waals surface area (Å²) in [5, 5.41) is 10.5. The van der Waals surface area contributed by atoms with E-state index in [1.165, 1.54) is 12.1 Å². The minimum atomic E-state index is -2.82. The highest BCUT2D eigenvalue weighted by atomic mass is 19.3. The Bertz CT molecular complexity index is 913. The molecule has 0 saturated carbocycles. The minimum Gasteiger partial charge on any atom is -0.454 e. The first-order chi connectivity index (χ1) is 13.2. The Labute approximate surface area is 154 Å². The summed E-state index contributed by atoms with van der Waals surface area (Å²) >= 11 is 0. The van der Waals surface area contributed by atoms with Crippen LogP contribution < -0.4 is 19.5 Å². The quantitative estimate of drug-likeness (QED) is 0.661. The van der Waals surface area contributed by atoms with Crippen molar-refractivity contribution in [3.63, 3.8) is 0 Å². The number of hydrogen-bond donors (Lipinski definition) is 2. The lowest BCUT2D eigenvalue weighted by Gasteiger charge is -2.08. The molecule has 4 rings (SSSR count). The smallest absolute Gasteiger partial charge is 0.387 e. The number of ether oxygens (including phenoxy) is 3. The van der Waals surface area contributed by atoms with Gasteiger partial charge in [-0.25, -0.2) is 0 Å². The van der Waals surface area contributed by atoms with Crippen molar-refractivity contribution in [1.29, 1.82) is 0 Å². The third-order valence-corrected chi connectivity index (χ3v) is 4.17. The van der Waals surface area contributed by atoms with Crippen LogP contribution in [0.5, 0.6) is 17.2 Å². The number of halogens is 2. The third kappa shape index (κ3) is 4.01. The molecule has 27 heavy (non-hydrogen) atoms. The summed E-state index contributed by atoms with van der Waals surface area (Å²) in [6.45, 7) is -1.40. The predicted molar refractivity (Wildman–Crippen MR) is 93.8 cm³/mol. The monoisotopic (exact) mass is 373 g/mol. The van der Waals surface area contributed by atoms with Gasteiger partial charge in [0.15, 0.2) is 11.5 Å². The number of H-pyrrole nitrogens is 1. The number of nitrogens with one attached hydrogen (secondary N) is 2. The summed E-state index contributed by atoms with van der Waals surface area (Å²) in [5.41, 5.74) is 3.83. The number of hydrogen-bond acceptors (Lipinski definition) is 5. The molecular weight excluding hydrogens is 356 g/mol. The Morgan fingerprint density at radius 3 is 2.70 bits per heavy atom. The van der Waals surface area contributed by atoms with Gasteiger partial charge in [0.2, 0.25) is 6.79 Å². The maximum atomic E-state index is 12.2. The van der Waals surface area contributed by atoms with E-state index >= 15 is 0 Å². The van der Waals surface area contributed by atoms with E-state index in [2.05, 4.69) is 20.3 Å². The molecule has 3 aromatic rings. The molecule has 2 heterocycles. The topological polar surface area (TPSA) is 68.4 Å². The average molecular weight is 373 g/mol. The van der Waals surface area contributed by atoms with E-state index in [1.54, 1.807) is 18.3 Å². The van der Waals surface area contributed by atoms with Crippen LogP contribution in [-0.2, 0) is 13.1 Å². The maximum Gasteiger partial charge on any atom is 0.387 e. The van der Waals surface area contributed by atoms with Crippen molar-refractivity contribution in [2.45, 2.75) is 19.7 Å². The first-order valence-electron chi connectivity index (χ1n) is 8.36. The SMILES string of the molecule is FC(F)Oc1ccc(CNCc2cn[nH]c2-c2ccc3c(c2)OCO3)cc1. The lowest BCUT2D eigenvalue weighted by Crippen LogP contribution is -2.13. The van der Waals surface area contributed by atoms with Gasteiger partial charge in [0.05, 0.1) is 11.9 Å². The van der Waals surface area contributed by atoms with Crippen molar-refractivity contribution in [1.82, 2.24) is 15.5 Å². The van der Waals surface area contributed by atoms with Crippen molar-refractivity contribution < 1.29 is 23.0 Å². The molecule has 1 aliphatic heterocycles. The van der Waals surface area contributed by atoms with E-state index in [-0.39, 0.29) is 12.5 Å². The van der Waals surface area contributed by atoms with E-state index < -0.39 is 6.61 Å². The van der Waals surface area contributed by atoms with Gasteiger partial charge in [0, 0.05) is 24.2 Å². The zero-order valence-electron chi connectivity index (χ0n) is 14.2. The average Bonchev–Trinajstić information content (AvgIpc) is 3.31. The fourth-order valence-corrected chi connectivity index (χ4v) is 2.88. The second kappa shape index (κ2) is 7.63. The number of benzene rings is 2. The molecule has 1 aromatic heterocycles. The first kappa shape index (κ1) is 17.3.